The molecule has 110 valence electrons. The number of hydrogen-bond donors (Lipinski definition) is 0. The first-order valence-corrected chi connectivity index (χ1v) is 7.29. The summed E-state index contributed by atoms with van der Waals surface area (Å²) in [5.74, 6) is -1.36. The van der Waals surface area contributed by atoms with Gasteiger partial charge in [0.2, 0.25) is 0 Å². The minimum absolute atomic E-state index is 0.219. The number of Topliss-reactive ketones (excluding diaryl/α,β-unsaturated/α-hetero) is 1. The molecule has 0 unspecified atom stereocenters. The van der Waals surface area contributed by atoms with Crippen molar-refractivity contribution >= 4 is 17.4 Å². The Morgan fingerprint density at radius 2 is 1.65 bits per heavy atom. The molecule has 0 amide bonds. The molecule has 0 radical (unpaired) electrons. The number of carbonyl (C=O) groups is 2. The minimum atomic E-state index is -0.786. The lowest BCUT2D eigenvalue weighted by molar-refractivity contribution is -0.137. The van der Waals surface area contributed by atoms with Gasteiger partial charge in [0, 0.05) is 24.3 Å². The summed E-state index contributed by atoms with van der Waals surface area (Å²) in [5, 5.41) is 0. The quantitative estimate of drug-likeness (QED) is 0.482. The van der Waals surface area contributed by atoms with Crippen LogP contribution in [0.1, 0.15) is 44.0 Å². The summed E-state index contributed by atoms with van der Waals surface area (Å²) in [7, 11) is 0. The lowest BCUT2D eigenvalue weighted by Gasteiger charge is -2.17. The Balaban J connectivity index is 0.000000956. The predicted molar refractivity (Wildman–Crippen MR) is 80.2 cm³/mol. The van der Waals surface area contributed by atoms with Gasteiger partial charge >= 0.3 is 5.97 Å². The summed E-state index contributed by atoms with van der Waals surface area (Å²) in [6.07, 6.45) is 2.42. The number of carbonyl (C=O) groups excluding carboxylic acids is 2. The van der Waals surface area contributed by atoms with E-state index in [2.05, 4.69) is 9.64 Å². The van der Waals surface area contributed by atoms with Gasteiger partial charge in [-0.1, -0.05) is 13.8 Å². The number of ketones is 1. The van der Waals surface area contributed by atoms with E-state index >= 15 is 0 Å². The Morgan fingerprint density at radius 1 is 1.10 bits per heavy atom. The number of nitrogens with zero attached hydrogens (tertiary/aromatic N) is 1. The molecule has 1 aromatic rings. The second-order valence-corrected chi connectivity index (χ2v) is 4.29. The highest BCUT2D eigenvalue weighted by Gasteiger charge is 2.18. The molecule has 1 aliphatic rings. The zero-order chi connectivity index (χ0) is 15.0. The van der Waals surface area contributed by atoms with E-state index in [9.17, 15) is 9.59 Å². The summed E-state index contributed by atoms with van der Waals surface area (Å²) in [6, 6.07) is 7.15. The van der Waals surface area contributed by atoms with Crippen LogP contribution in [-0.2, 0) is 9.53 Å². The van der Waals surface area contributed by atoms with Gasteiger partial charge in [-0.05, 0) is 44.0 Å². The van der Waals surface area contributed by atoms with Crippen molar-refractivity contribution in [1.29, 1.82) is 0 Å². The second kappa shape index (κ2) is 8.35. The fourth-order valence-electron chi connectivity index (χ4n) is 2.11. The highest BCUT2D eigenvalue weighted by atomic mass is 16.5. The van der Waals surface area contributed by atoms with Crippen molar-refractivity contribution in [2.75, 3.05) is 24.6 Å². The van der Waals surface area contributed by atoms with Crippen molar-refractivity contribution < 1.29 is 14.3 Å². The molecule has 0 atom stereocenters. The molecule has 4 nitrogen and oxygen atoms in total. The lowest BCUT2D eigenvalue weighted by atomic mass is 10.1. The van der Waals surface area contributed by atoms with Gasteiger partial charge in [-0.3, -0.25) is 4.79 Å². The van der Waals surface area contributed by atoms with Gasteiger partial charge in [-0.25, -0.2) is 4.79 Å². The predicted octanol–water partition coefficient (Wildman–Crippen LogP) is 3.06. The molecule has 4 heteroatoms. The fraction of sp³-hybridized carbons (Fsp3) is 0.500. The topological polar surface area (TPSA) is 46.6 Å². The highest BCUT2D eigenvalue weighted by Crippen LogP contribution is 2.20. The van der Waals surface area contributed by atoms with E-state index in [0.29, 0.717) is 5.56 Å². The van der Waals surface area contributed by atoms with Crippen molar-refractivity contribution in [1.82, 2.24) is 0 Å². The summed E-state index contributed by atoms with van der Waals surface area (Å²) < 4.78 is 4.69. The summed E-state index contributed by atoms with van der Waals surface area (Å²) in [6.45, 7) is 8.02. The molecule has 0 bridgehead atoms. The smallest absolute Gasteiger partial charge is 0.379 e. The molecule has 1 aliphatic heterocycles. The van der Waals surface area contributed by atoms with E-state index in [1.54, 1.807) is 19.1 Å². The average molecular weight is 277 g/mol. The number of hydrogen-bond acceptors (Lipinski definition) is 4. The third kappa shape index (κ3) is 4.08. The van der Waals surface area contributed by atoms with Crippen LogP contribution in [0.3, 0.4) is 0 Å². The molecule has 0 aliphatic carbocycles. The molecule has 1 aromatic carbocycles. The van der Waals surface area contributed by atoms with Crippen LogP contribution < -0.4 is 4.90 Å². The molecule has 20 heavy (non-hydrogen) atoms. The number of esters is 1. The summed E-state index contributed by atoms with van der Waals surface area (Å²) in [4.78, 5) is 25.3. The van der Waals surface area contributed by atoms with Crippen LogP contribution in [0.2, 0.25) is 0 Å². The third-order valence-electron chi connectivity index (χ3n) is 3.06. The molecule has 2 rings (SSSR count). The van der Waals surface area contributed by atoms with Crippen LogP contribution in [0, 0.1) is 0 Å². The molecule has 1 heterocycles. The number of anilines is 1. The van der Waals surface area contributed by atoms with Crippen LogP contribution in [0.5, 0.6) is 0 Å². The second-order valence-electron chi connectivity index (χ2n) is 4.29. The van der Waals surface area contributed by atoms with E-state index in [1.807, 2.05) is 26.0 Å². The van der Waals surface area contributed by atoms with Crippen molar-refractivity contribution in [3.63, 3.8) is 0 Å². The number of rotatable bonds is 4. The first-order chi connectivity index (χ1) is 9.72. The van der Waals surface area contributed by atoms with Gasteiger partial charge in [0.1, 0.15) is 0 Å². The van der Waals surface area contributed by atoms with E-state index in [-0.39, 0.29) is 6.61 Å². The standard InChI is InChI=1S/C14H17NO3.C2H6/c1-2-18-14(17)13(16)11-5-7-12(8-6-11)15-9-3-4-10-15;1-2/h5-8H,2-4,9-10H2,1H3;1-2H3. The summed E-state index contributed by atoms with van der Waals surface area (Å²) >= 11 is 0. The van der Waals surface area contributed by atoms with Crippen LogP contribution in [0.25, 0.3) is 0 Å². The highest BCUT2D eigenvalue weighted by molar-refractivity contribution is 6.40. The third-order valence-corrected chi connectivity index (χ3v) is 3.06. The zero-order valence-electron chi connectivity index (χ0n) is 12.5. The Hall–Kier alpha value is -1.84. The fourth-order valence-corrected chi connectivity index (χ4v) is 2.11. The van der Waals surface area contributed by atoms with Crippen molar-refractivity contribution in [3.05, 3.63) is 29.8 Å². The Labute approximate surface area is 120 Å². The van der Waals surface area contributed by atoms with Crippen molar-refractivity contribution in [3.8, 4) is 0 Å². The normalized spacial score (nSPS) is 13.4. The van der Waals surface area contributed by atoms with E-state index < -0.39 is 11.8 Å². The van der Waals surface area contributed by atoms with E-state index in [4.69, 9.17) is 0 Å². The van der Waals surface area contributed by atoms with Gasteiger partial charge in [0.05, 0.1) is 6.61 Å². The van der Waals surface area contributed by atoms with Gasteiger partial charge in [0.15, 0.2) is 0 Å². The molecule has 1 saturated heterocycles. The Kier molecular flexibility index (Phi) is 6.77. The van der Waals surface area contributed by atoms with Crippen LogP contribution in [-0.4, -0.2) is 31.4 Å². The van der Waals surface area contributed by atoms with E-state index in [1.165, 1.54) is 12.8 Å². The summed E-state index contributed by atoms with van der Waals surface area (Å²) in [5.41, 5.74) is 1.49. The molecule has 0 N–H and O–H groups in total. The number of benzene rings is 1. The minimum Gasteiger partial charge on any atom is -0.460 e. The average Bonchev–Trinajstić information content (AvgIpc) is 3.03. The van der Waals surface area contributed by atoms with E-state index in [0.717, 1.165) is 18.8 Å². The molecule has 1 fully saturated rings. The van der Waals surface area contributed by atoms with Crippen LogP contribution >= 0.6 is 0 Å². The van der Waals surface area contributed by atoms with Gasteiger partial charge in [-0.2, -0.15) is 0 Å². The van der Waals surface area contributed by atoms with Gasteiger partial charge in [-0.15, -0.1) is 0 Å². The number of ether oxygens (including phenoxy) is 1. The molecular formula is C16H23NO3. The SMILES string of the molecule is CC.CCOC(=O)C(=O)c1ccc(N2CCCC2)cc1. The largest absolute Gasteiger partial charge is 0.460 e. The monoisotopic (exact) mass is 277 g/mol. The maximum Gasteiger partial charge on any atom is 0.379 e. The first-order valence-electron chi connectivity index (χ1n) is 7.29. The zero-order valence-corrected chi connectivity index (χ0v) is 12.5. The van der Waals surface area contributed by atoms with Crippen molar-refractivity contribution in [2.24, 2.45) is 0 Å². The molecule has 0 spiro atoms. The Morgan fingerprint density at radius 3 is 2.15 bits per heavy atom. The Bertz CT molecular complexity index is 434. The van der Waals surface area contributed by atoms with Crippen LogP contribution in [0.4, 0.5) is 5.69 Å². The van der Waals surface area contributed by atoms with Gasteiger partial charge < -0.3 is 9.64 Å². The maximum absolute atomic E-state index is 11.7. The molecular weight excluding hydrogens is 254 g/mol. The van der Waals surface area contributed by atoms with Crippen LogP contribution in [0.15, 0.2) is 24.3 Å². The molecule has 0 aromatic heterocycles. The maximum atomic E-state index is 11.7. The van der Waals surface area contributed by atoms with Gasteiger partial charge in [0.25, 0.3) is 5.78 Å². The first kappa shape index (κ1) is 16.2. The molecule has 0 saturated carbocycles. The lowest BCUT2D eigenvalue weighted by Crippen LogP contribution is -2.19. The van der Waals surface area contributed by atoms with Crippen molar-refractivity contribution in [2.45, 2.75) is 33.6 Å².